The number of nitrogens with zero attached hydrogens (tertiary/aromatic N) is 4. The molecule has 80 heavy (non-hydrogen) atoms. The summed E-state index contributed by atoms with van der Waals surface area (Å²) in [6.45, 7) is 5.92. The van der Waals surface area contributed by atoms with Crippen molar-refractivity contribution in [3.05, 3.63) is 239 Å². The molecule has 0 fully saturated rings. The molecule has 0 heterocycles. The zero-order chi connectivity index (χ0) is 57.5. The molecule has 8 aromatic carbocycles. The van der Waals surface area contributed by atoms with Crippen LogP contribution in [0.2, 0.25) is 0 Å². The quantitative estimate of drug-likeness (QED) is 0.0535. The van der Waals surface area contributed by atoms with E-state index in [1.54, 1.807) is 48.6 Å². The van der Waals surface area contributed by atoms with E-state index in [1.807, 2.05) is 158 Å². The Morgan fingerprint density at radius 1 is 0.312 bits per heavy atom. The molecular weight excluding hydrogens is 1010 g/mol. The number of aliphatic imine (C=N–C) groups is 4. The van der Waals surface area contributed by atoms with Crippen molar-refractivity contribution in [3.8, 4) is 0 Å². The highest BCUT2D eigenvalue weighted by atomic mass is 16.2. The zero-order valence-corrected chi connectivity index (χ0v) is 44.4. The highest BCUT2D eigenvalue weighted by molar-refractivity contribution is 5.91. The smallest absolute Gasteiger partial charge is 0.240 e. The predicted molar refractivity (Wildman–Crippen MR) is 311 cm³/mol. The second kappa shape index (κ2) is 32.6. The fourth-order valence-corrected chi connectivity index (χ4v) is 7.79. The van der Waals surface area contributed by atoms with Crippen LogP contribution in [0.25, 0.3) is 0 Å². The van der Waals surface area contributed by atoms with Gasteiger partial charge in [-0.1, -0.05) is 121 Å². The Labute approximate surface area is 463 Å². The number of isocyanates is 4. The van der Waals surface area contributed by atoms with Gasteiger partial charge in [-0.15, -0.1) is 0 Å². The van der Waals surface area contributed by atoms with Gasteiger partial charge in [0.05, 0.1) is 22.7 Å². The summed E-state index contributed by atoms with van der Waals surface area (Å²) in [5.74, 6) is -0.378. The molecule has 8 rings (SSSR count). The van der Waals surface area contributed by atoms with Crippen molar-refractivity contribution in [2.45, 2.75) is 53.4 Å². The van der Waals surface area contributed by atoms with Crippen LogP contribution in [-0.4, -0.2) is 47.9 Å². The number of hydrogen-bond donors (Lipinski definition) is 4. The van der Waals surface area contributed by atoms with Gasteiger partial charge in [-0.05, 0) is 137 Å². The monoisotopic (exact) mass is 1060 g/mol. The molecule has 16 heteroatoms. The predicted octanol–water partition coefficient (Wildman–Crippen LogP) is 12.8. The lowest BCUT2D eigenvalue weighted by atomic mass is 10.0. The van der Waals surface area contributed by atoms with E-state index < -0.39 is 0 Å². The number of amides is 4. The summed E-state index contributed by atoms with van der Waals surface area (Å²) in [6, 6.07) is 60.1. The second-order valence-corrected chi connectivity index (χ2v) is 17.5. The molecule has 0 saturated carbocycles. The normalized spacial score (nSPS) is 9.65. The van der Waals surface area contributed by atoms with Gasteiger partial charge in [0.1, 0.15) is 0 Å². The van der Waals surface area contributed by atoms with Crippen molar-refractivity contribution < 1.29 is 38.4 Å². The summed E-state index contributed by atoms with van der Waals surface area (Å²) in [4.78, 5) is 99.9. The maximum atomic E-state index is 11.2. The van der Waals surface area contributed by atoms with E-state index in [4.69, 9.17) is 0 Å². The number of carbonyl (C=O) groups is 4. The molecule has 0 aliphatic carbocycles. The molecule has 0 atom stereocenters. The molecule has 8 aromatic rings. The Balaban J connectivity index is 0.000000196. The van der Waals surface area contributed by atoms with Gasteiger partial charge in [-0.3, -0.25) is 19.2 Å². The Morgan fingerprint density at radius 3 is 0.963 bits per heavy atom. The van der Waals surface area contributed by atoms with Crippen LogP contribution in [0.3, 0.4) is 0 Å². The average Bonchev–Trinajstić information content (AvgIpc) is 3.44. The number of carbonyl (C=O) groups excluding carboxylic acids is 8. The molecule has 4 amide bonds. The van der Waals surface area contributed by atoms with Crippen LogP contribution in [0.15, 0.2) is 214 Å². The summed E-state index contributed by atoms with van der Waals surface area (Å²) in [5, 5.41) is 11.1. The zero-order valence-electron chi connectivity index (χ0n) is 44.4. The van der Waals surface area contributed by atoms with Gasteiger partial charge in [-0.2, -0.15) is 20.0 Å². The highest BCUT2D eigenvalue weighted by Gasteiger charge is 2.09. The van der Waals surface area contributed by atoms with E-state index in [-0.39, 0.29) is 23.6 Å². The van der Waals surface area contributed by atoms with Gasteiger partial charge >= 0.3 is 0 Å². The van der Waals surface area contributed by atoms with Gasteiger partial charge in [0.2, 0.25) is 47.9 Å². The summed E-state index contributed by atoms with van der Waals surface area (Å²) in [5.41, 5.74) is 13.9. The van der Waals surface area contributed by atoms with Crippen LogP contribution in [0.5, 0.6) is 0 Å². The minimum atomic E-state index is -0.114. The molecule has 0 spiro atoms. The number of anilines is 4. The number of nitrogens with one attached hydrogen (secondary N) is 4. The third-order valence-electron chi connectivity index (χ3n) is 11.3. The molecule has 0 saturated heterocycles. The molecule has 0 aliphatic heterocycles. The van der Waals surface area contributed by atoms with E-state index in [0.717, 1.165) is 73.7 Å². The molecule has 0 aliphatic rings. The fraction of sp³-hybridized carbons (Fsp3) is 0.125. The lowest BCUT2D eigenvalue weighted by Gasteiger charge is -2.10. The molecule has 0 unspecified atom stereocenters. The summed E-state index contributed by atoms with van der Waals surface area (Å²) in [7, 11) is 0. The summed E-state index contributed by atoms with van der Waals surface area (Å²) in [6.07, 6.45) is 8.89. The summed E-state index contributed by atoms with van der Waals surface area (Å²) < 4.78 is 0. The van der Waals surface area contributed by atoms with Gasteiger partial charge < -0.3 is 21.3 Å². The van der Waals surface area contributed by atoms with Crippen molar-refractivity contribution in [1.82, 2.24) is 0 Å². The number of para-hydroxylation sites is 4. The maximum Gasteiger partial charge on any atom is 0.240 e. The fourth-order valence-electron chi connectivity index (χ4n) is 7.79. The lowest BCUT2D eigenvalue weighted by molar-refractivity contribution is -0.115. The van der Waals surface area contributed by atoms with Crippen molar-refractivity contribution in [2.24, 2.45) is 20.0 Å². The first-order valence-electron chi connectivity index (χ1n) is 24.8. The van der Waals surface area contributed by atoms with Crippen LogP contribution in [0.1, 0.15) is 72.2 Å². The lowest BCUT2D eigenvalue weighted by Crippen LogP contribution is -2.08. The Morgan fingerprint density at radius 2 is 0.600 bits per heavy atom. The highest BCUT2D eigenvalue weighted by Crippen LogP contribution is 2.27. The Hall–Kier alpha value is -10.8. The van der Waals surface area contributed by atoms with E-state index in [1.165, 1.54) is 39.9 Å². The third kappa shape index (κ3) is 21.4. The minimum Gasteiger partial charge on any atom is -0.326 e. The first-order valence-corrected chi connectivity index (χ1v) is 24.8. The van der Waals surface area contributed by atoms with Crippen LogP contribution in [0, 0.1) is 0 Å². The molecule has 0 aromatic heterocycles. The van der Waals surface area contributed by atoms with Crippen LogP contribution < -0.4 is 21.3 Å². The number of rotatable bonds is 16. The van der Waals surface area contributed by atoms with E-state index in [0.29, 0.717) is 42.0 Å². The number of hydrogen-bond acceptors (Lipinski definition) is 12. The van der Waals surface area contributed by atoms with Gasteiger partial charge in [0.25, 0.3) is 0 Å². The molecule has 0 bridgehead atoms. The van der Waals surface area contributed by atoms with E-state index in [2.05, 4.69) is 41.2 Å². The second-order valence-electron chi connectivity index (χ2n) is 17.5. The molecule has 0 radical (unpaired) electrons. The largest absolute Gasteiger partial charge is 0.326 e. The van der Waals surface area contributed by atoms with Gasteiger partial charge in [0, 0.05) is 56.9 Å². The van der Waals surface area contributed by atoms with Crippen molar-refractivity contribution in [3.63, 3.8) is 0 Å². The van der Waals surface area contributed by atoms with Gasteiger partial charge in [0.15, 0.2) is 0 Å². The Bertz CT molecular complexity index is 3580. The van der Waals surface area contributed by atoms with Crippen LogP contribution in [-0.2, 0) is 64.0 Å². The van der Waals surface area contributed by atoms with Crippen molar-refractivity contribution in [1.29, 1.82) is 0 Å². The first kappa shape index (κ1) is 60.0. The minimum absolute atomic E-state index is 0.0796. The standard InChI is InChI=1S/4C16H14N2O2/c1-12(20)18-16-8-4-14(5-9-16)10-13-2-6-15(7-3-13)17-11-19;1-12(20)18-16-9-5-3-7-14(16)10-13-6-2-4-8-15(13)17-11-19;1-12(20)18-15-8-6-13(7-9-15)10-14-4-2-3-5-16(14)17-11-19;1-12(20)18-16-5-3-2-4-14(16)10-13-6-8-15(9-7-13)17-11-19/h4*2-9H,10H2,1H3,(H,18,20). The molecular formula is C64H56N8O8. The van der Waals surface area contributed by atoms with Crippen LogP contribution in [0.4, 0.5) is 45.5 Å². The molecule has 4 N–H and O–H groups in total. The maximum absolute atomic E-state index is 11.2. The van der Waals surface area contributed by atoms with E-state index >= 15 is 0 Å². The van der Waals surface area contributed by atoms with Crippen molar-refractivity contribution >= 4 is 93.4 Å². The average molecular weight is 1070 g/mol. The van der Waals surface area contributed by atoms with E-state index in [9.17, 15) is 38.4 Å². The van der Waals surface area contributed by atoms with Crippen LogP contribution >= 0.6 is 0 Å². The third-order valence-corrected chi connectivity index (χ3v) is 11.3. The topological polar surface area (TPSA) is 234 Å². The number of benzene rings is 8. The van der Waals surface area contributed by atoms with Gasteiger partial charge in [-0.25, -0.2) is 19.2 Å². The van der Waals surface area contributed by atoms with Crippen molar-refractivity contribution in [2.75, 3.05) is 21.3 Å². The molecule has 16 nitrogen and oxygen atoms in total. The first-order chi connectivity index (χ1) is 38.7. The SMILES string of the molecule is CC(=O)Nc1ccc(Cc2ccc(N=C=O)cc2)cc1.CC(=O)Nc1ccc(Cc2ccccc2N=C=O)cc1.CC(=O)Nc1ccccc1Cc1ccc(N=C=O)cc1.CC(=O)Nc1ccccc1Cc1ccccc1N=C=O. The summed E-state index contributed by atoms with van der Waals surface area (Å²) >= 11 is 0. The molecule has 400 valence electrons. The Kier molecular flexibility index (Phi) is 24.4.